The number of amides is 3. The molecule has 0 radical (unpaired) electrons. The third kappa shape index (κ3) is 5.44. The summed E-state index contributed by atoms with van der Waals surface area (Å²) in [5.41, 5.74) is 0.644. The van der Waals surface area contributed by atoms with Crippen molar-refractivity contribution in [2.75, 3.05) is 19.7 Å². The van der Waals surface area contributed by atoms with Crippen LogP contribution in [0.15, 0.2) is 42.5 Å². The minimum absolute atomic E-state index is 0.102. The van der Waals surface area contributed by atoms with Gasteiger partial charge in [-0.3, -0.25) is 19.3 Å². The van der Waals surface area contributed by atoms with Gasteiger partial charge in [0, 0.05) is 19.5 Å². The van der Waals surface area contributed by atoms with E-state index >= 15 is 0 Å². The van der Waals surface area contributed by atoms with Crippen molar-refractivity contribution in [2.24, 2.45) is 0 Å². The Hall–Kier alpha value is -3.40. The van der Waals surface area contributed by atoms with E-state index in [1.54, 1.807) is 25.1 Å². The van der Waals surface area contributed by atoms with Crippen LogP contribution in [0.5, 0.6) is 5.75 Å². The number of ether oxygens (including phenoxy) is 1. The molecule has 3 amide bonds. The number of hydrogen-bond acceptors (Lipinski definition) is 5. The van der Waals surface area contributed by atoms with Crippen molar-refractivity contribution in [3.05, 3.63) is 64.7 Å². The Labute approximate surface area is 181 Å². The number of halogens is 3. The smallest absolute Gasteiger partial charge is 0.416 e. The largest absolute Gasteiger partial charge is 0.491 e. The predicted octanol–water partition coefficient (Wildman–Crippen LogP) is 2.56. The Kier molecular flexibility index (Phi) is 6.83. The van der Waals surface area contributed by atoms with E-state index in [1.807, 2.05) is 0 Å². The van der Waals surface area contributed by atoms with Crippen LogP contribution < -0.4 is 10.1 Å². The Morgan fingerprint density at radius 1 is 1.09 bits per heavy atom. The fraction of sp³-hybridized carbons (Fsp3) is 0.318. The highest BCUT2D eigenvalue weighted by Gasteiger charge is 2.35. The number of aryl methyl sites for hydroxylation is 1. The first-order valence-corrected chi connectivity index (χ1v) is 9.78. The van der Waals surface area contributed by atoms with Gasteiger partial charge < -0.3 is 15.2 Å². The van der Waals surface area contributed by atoms with E-state index in [2.05, 4.69) is 5.32 Å². The van der Waals surface area contributed by atoms with Crippen molar-refractivity contribution < 1.29 is 37.4 Å². The number of carbonyl (C=O) groups is 3. The van der Waals surface area contributed by atoms with Gasteiger partial charge in [0.1, 0.15) is 18.5 Å². The lowest BCUT2D eigenvalue weighted by atomic mass is 10.1. The SMILES string of the molecule is Cc1ccc2c(c1)C(=O)N(CCC(=O)NCC(O)COc1ccc(C(F)(F)F)cc1)C2=O. The molecule has 2 N–H and O–H groups in total. The molecule has 2 aromatic rings. The summed E-state index contributed by atoms with van der Waals surface area (Å²) in [7, 11) is 0. The van der Waals surface area contributed by atoms with E-state index in [0.717, 1.165) is 34.7 Å². The van der Waals surface area contributed by atoms with Crippen molar-refractivity contribution in [3.8, 4) is 5.75 Å². The maximum atomic E-state index is 12.5. The minimum atomic E-state index is -4.45. The van der Waals surface area contributed by atoms with Gasteiger partial charge in [-0.2, -0.15) is 13.2 Å². The fourth-order valence-electron chi connectivity index (χ4n) is 3.13. The number of carbonyl (C=O) groups excluding carboxylic acids is 3. The van der Waals surface area contributed by atoms with E-state index in [0.29, 0.717) is 11.1 Å². The molecule has 1 aliphatic rings. The maximum Gasteiger partial charge on any atom is 0.416 e. The molecule has 3 rings (SSSR count). The molecular formula is C22H21F3N2O5. The lowest BCUT2D eigenvalue weighted by molar-refractivity contribution is -0.137. The summed E-state index contributed by atoms with van der Waals surface area (Å²) < 4.78 is 42.8. The summed E-state index contributed by atoms with van der Waals surface area (Å²) in [6.45, 7) is 1.29. The quantitative estimate of drug-likeness (QED) is 0.603. The summed E-state index contributed by atoms with van der Waals surface area (Å²) in [4.78, 5) is 37.8. The third-order valence-electron chi connectivity index (χ3n) is 4.85. The van der Waals surface area contributed by atoms with Crippen molar-refractivity contribution in [2.45, 2.75) is 25.6 Å². The fourth-order valence-corrected chi connectivity index (χ4v) is 3.13. The standard InChI is InChI=1S/C22H21F3N2O5/c1-13-2-7-17-18(10-13)21(31)27(20(17)30)9-8-19(29)26-11-15(28)12-32-16-5-3-14(4-6-16)22(23,24)25/h2-7,10,15,28H,8-9,11-12H2,1H3,(H,26,29). The normalized spacial score (nSPS) is 14.3. The van der Waals surface area contributed by atoms with Crippen LogP contribution in [-0.2, 0) is 11.0 Å². The van der Waals surface area contributed by atoms with E-state index in [-0.39, 0.29) is 31.9 Å². The molecule has 0 aliphatic carbocycles. The van der Waals surface area contributed by atoms with Crippen LogP contribution >= 0.6 is 0 Å². The zero-order chi connectivity index (χ0) is 23.5. The average molecular weight is 450 g/mol. The number of rotatable bonds is 8. The van der Waals surface area contributed by atoms with Gasteiger partial charge in [-0.05, 0) is 43.3 Å². The topological polar surface area (TPSA) is 95.9 Å². The first-order valence-electron chi connectivity index (χ1n) is 9.78. The Balaban J connectivity index is 1.40. The molecule has 1 unspecified atom stereocenters. The zero-order valence-corrected chi connectivity index (χ0v) is 17.1. The molecule has 1 atom stereocenters. The zero-order valence-electron chi connectivity index (χ0n) is 17.1. The maximum absolute atomic E-state index is 12.5. The van der Waals surface area contributed by atoms with Crippen LogP contribution in [0.3, 0.4) is 0 Å². The molecule has 0 aromatic heterocycles. The molecule has 2 aromatic carbocycles. The van der Waals surface area contributed by atoms with Crippen LogP contribution in [0.1, 0.15) is 38.3 Å². The first kappa shape index (κ1) is 23.3. The van der Waals surface area contributed by atoms with Gasteiger partial charge in [-0.25, -0.2) is 0 Å². The highest BCUT2D eigenvalue weighted by molar-refractivity contribution is 6.21. The molecule has 0 saturated carbocycles. The molecule has 10 heteroatoms. The number of nitrogens with zero attached hydrogens (tertiary/aromatic N) is 1. The number of imide groups is 1. The van der Waals surface area contributed by atoms with Crippen molar-refractivity contribution >= 4 is 17.7 Å². The van der Waals surface area contributed by atoms with Crippen molar-refractivity contribution in [3.63, 3.8) is 0 Å². The summed E-state index contributed by atoms with van der Waals surface area (Å²) in [6.07, 6.45) is -5.70. The summed E-state index contributed by atoms with van der Waals surface area (Å²) in [6, 6.07) is 8.94. The molecule has 1 heterocycles. The van der Waals surface area contributed by atoms with Gasteiger partial charge in [0.2, 0.25) is 5.91 Å². The van der Waals surface area contributed by atoms with Gasteiger partial charge in [-0.15, -0.1) is 0 Å². The number of aliphatic hydroxyl groups is 1. The Bertz CT molecular complexity index is 1020. The molecule has 32 heavy (non-hydrogen) atoms. The van der Waals surface area contributed by atoms with E-state index in [4.69, 9.17) is 4.74 Å². The molecule has 0 bridgehead atoms. The molecule has 1 aliphatic heterocycles. The molecule has 0 fully saturated rings. The van der Waals surface area contributed by atoms with Crippen LogP contribution in [0.25, 0.3) is 0 Å². The van der Waals surface area contributed by atoms with Crippen LogP contribution in [-0.4, -0.2) is 53.5 Å². The summed E-state index contributed by atoms with van der Waals surface area (Å²) in [5.74, 6) is -1.25. The van der Waals surface area contributed by atoms with Gasteiger partial charge in [0.05, 0.1) is 16.7 Å². The van der Waals surface area contributed by atoms with Crippen molar-refractivity contribution in [1.29, 1.82) is 0 Å². The highest BCUT2D eigenvalue weighted by atomic mass is 19.4. The average Bonchev–Trinajstić information content (AvgIpc) is 2.98. The lowest BCUT2D eigenvalue weighted by Gasteiger charge is -2.16. The lowest BCUT2D eigenvalue weighted by Crippen LogP contribution is -2.38. The predicted molar refractivity (Wildman–Crippen MR) is 107 cm³/mol. The van der Waals surface area contributed by atoms with E-state index in [9.17, 15) is 32.7 Å². The van der Waals surface area contributed by atoms with E-state index in [1.165, 1.54) is 0 Å². The molecule has 7 nitrogen and oxygen atoms in total. The molecule has 0 saturated heterocycles. The number of aliphatic hydroxyl groups excluding tert-OH is 1. The third-order valence-corrected chi connectivity index (χ3v) is 4.85. The number of alkyl halides is 3. The number of fused-ring (bicyclic) bond motifs is 1. The van der Waals surface area contributed by atoms with E-state index < -0.39 is 35.6 Å². The van der Waals surface area contributed by atoms with Crippen molar-refractivity contribution in [1.82, 2.24) is 10.2 Å². The summed E-state index contributed by atoms with van der Waals surface area (Å²) in [5, 5.41) is 12.4. The number of benzene rings is 2. The van der Waals surface area contributed by atoms with Crippen LogP contribution in [0.2, 0.25) is 0 Å². The minimum Gasteiger partial charge on any atom is -0.491 e. The van der Waals surface area contributed by atoms with Gasteiger partial charge in [0.15, 0.2) is 0 Å². The van der Waals surface area contributed by atoms with Crippen LogP contribution in [0.4, 0.5) is 13.2 Å². The molecule has 0 spiro atoms. The second-order valence-electron chi connectivity index (χ2n) is 7.35. The summed E-state index contributed by atoms with van der Waals surface area (Å²) >= 11 is 0. The monoisotopic (exact) mass is 450 g/mol. The molecular weight excluding hydrogens is 429 g/mol. The second-order valence-corrected chi connectivity index (χ2v) is 7.35. The number of hydrogen-bond donors (Lipinski definition) is 2. The Morgan fingerprint density at radius 2 is 1.75 bits per heavy atom. The van der Waals surface area contributed by atoms with Gasteiger partial charge >= 0.3 is 6.18 Å². The molecule has 170 valence electrons. The Morgan fingerprint density at radius 3 is 2.41 bits per heavy atom. The highest BCUT2D eigenvalue weighted by Crippen LogP contribution is 2.30. The number of nitrogens with one attached hydrogen (secondary N) is 1. The second kappa shape index (κ2) is 9.39. The first-order chi connectivity index (χ1) is 15.1. The van der Waals surface area contributed by atoms with Crippen LogP contribution in [0, 0.1) is 6.92 Å². The van der Waals surface area contributed by atoms with Gasteiger partial charge in [-0.1, -0.05) is 11.6 Å². The van der Waals surface area contributed by atoms with Gasteiger partial charge in [0.25, 0.3) is 11.8 Å².